The molecule has 0 fully saturated rings. The molecule has 0 radical (unpaired) electrons. The summed E-state index contributed by atoms with van der Waals surface area (Å²) >= 11 is 0. The maximum absolute atomic E-state index is 10.5. The highest BCUT2D eigenvalue weighted by Gasteiger charge is 2.05. The van der Waals surface area contributed by atoms with Crippen molar-refractivity contribution in [2.45, 2.75) is 11.8 Å². The number of hydrogen-bond donors (Lipinski definition) is 1. The van der Waals surface area contributed by atoms with E-state index in [0.717, 1.165) is 23.5 Å². The lowest BCUT2D eigenvalue weighted by molar-refractivity contribution is -0.671. The van der Waals surface area contributed by atoms with Crippen LogP contribution in [0.5, 0.6) is 5.75 Å². The lowest BCUT2D eigenvalue weighted by atomic mass is 10.1. The summed E-state index contributed by atoms with van der Waals surface area (Å²) in [5.74, 6) is -0.227. The minimum Gasteiger partial charge on any atom is -0.744 e. The summed E-state index contributed by atoms with van der Waals surface area (Å²) in [6.07, 6.45) is 8.95. The van der Waals surface area contributed by atoms with E-state index >= 15 is 0 Å². The number of aldehydes is 1. The Labute approximate surface area is 170 Å². The van der Waals surface area contributed by atoms with Gasteiger partial charge < -0.3 is 9.66 Å². The number of carbonyl (C=O) groups is 1. The van der Waals surface area contributed by atoms with Crippen molar-refractivity contribution in [3.63, 3.8) is 0 Å². The summed E-state index contributed by atoms with van der Waals surface area (Å²) in [6.45, 7) is 1.49. The molecular formula is C22H21NO5S. The third kappa shape index (κ3) is 6.99. The SMILES string of the molecule is C[n+]1ccc(C=Cc2ccc(C=O)cc2)cc1.Cc1ccc(O)cc1S(=O)(=O)[O-]. The minimum absolute atomic E-state index is 0.227. The average Bonchev–Trinajstić information content (AvgIpc) is 2.69. The molecule has 29 heavy (non-hydrogen) atoms. The zero-order chi connectivity index (χ0) is 21.4. The van der Waals surface area contributed by atoms with Crippen LogP contribution in [0, 0.1) is 6.92 Å². The number of hydrogen-bond acceptors (Lipinski definition) is 5. The quantitative estimate of drug-likeness (QED) is 0.404. The number of nitrogens with zero attached hydrogens (tertiary/aromatic N) is 1. The molecular weight excluding hydrogens is 390 g/mol. The molecule has 7 heteroatoms. The number of rotatable bonds is 4. The van der Waals surface area contributed by atoms with Crippen LogP contribution in [0.25, 0.3) is 12.2 Å². The second-order valence-electron chi connectivity index (χ2n) is 6.32. The van der Waals surface area contributed by atoms with Crippen molar-refractivity contribution in [1.82, 2.24) is 0 Å². The number of carbonyl (C=O) groups excluding carboxylic acids is 1. The molecule has 6 nitrogen and oxygen atoms in total. The van der Waals surface area contributed by atoms with Crippen LogP contribution in [0.4, 0.5) is 0 Å². The Bertz CT molecular complexity index is 1100. The summed E-state index contributed by atoms with van der Waals surface area (Å²) in [7, 11) is -2.47. The van der Waals surface area contributed by atoms with E-state index in [4.69, 9.17) is 5.11 Å². The molecule has 0 unspecified atom stereocenters. The Kier molecular flexibility index (Phi) is 7.41. The molecule has 0 saturated carbocycles. The van der Waals surface area contributed by atoms with Crippen molar-refractivity contribution in [3.8, 4) is 5.75 Å². The largest absolute Gasteiger partial charge is 0.744 e. The minimum atomic E-state index is -4.47. The fraction of sp³-hybridized carbons (Fsp3) is 0.0909. The van der Waals surface area contributed by atoms with Gasteiger partial charge in [0.25, 0.3) is 0 Å². The number of pyridine rings is 1. The van der Waals surface area contributed by atoms with Crippen LogP contribution in [0.15, 0.2) is 71.9 Å². The molecule has 150 valence electrons. The Balaban J connectivity index is 0.000000221. The van der Waals surface area contributed by atoms with Crippen LogP contribution >= 0.6 is 0 Å². The number of aromatic nitrogens is 1. The van der Waals surface area contributed by atoms with Gasteiger partial charge >= 0.3 is 0 Å². The van der Waals surface area contributed by atoms with Crippen LogP contribution in [0.2, 0.25) is 0 Å². The van der Waals surface area contributed by atoms with Crippen molar-refractivity contribution >= 4 is 28.6 Å². The normalized spacial score (nSPS) is 11.0. The maximum atomic E-state index is 10.5. The Morgan fingerprint density at radius 3 is 1.90 bits per heavy atom. The smallest absolute Gasteiger partial charge is 0.169 e. The third-order valence-electron chi connectivity index (χ3n) is 3.99. The van der Waals surface area contributed by atoms with Crippen molar-refractivity contribution in [2.75, 3.05) is 0 Å². The molecule has 1 heterocycles. The lowest BCUT2D eigenvalue weighted by Crippen LogP contribution is -2.25. The topological polar surface area (TPSA) is 98.4 Å². The highest BCUT2D eigenvalue weighted by molar-refractivity contribution is 7.85. The van der Waals surface area contributed by atoms with Gasteiger partial charge in [-0.15, -0.1) is 0 Å². The van der Waals surface area contributed by atoms with E-state index in [1.807, 2.05) is 54.3 Å². The fourth-order valence-electron chi connectivity index (χ4n) is 2.36. The van der Waals surface area contributed by atoms with Gasteiger partial charge in [0.05, 0.1) is 4.90 Å². The van der Waals surface area contributed by atoms with E-state index in [0.29, 0.717) is 11.1 Å². The maximum Gasteiger partial charge on any atom is 0.169 e. The van der Waals surface area contributed by atoms with E-state index in [-0.39, 0.29) is 10.6 Å². The van der Waals surface area contributed by atoms with Gasteiger partial charge in [-0.2, -0.15) is 0 Å². The van der Waals surface area contributed by atoms with Gasteiger partial charge in [0, 0.05) is 17.7 Å². The van der Waals surface area contributed by atoms with Gasteiger partial charge in [0.1, 0.15) is 29.2 Å². The molecule has 0 aliphatic rings. The van der Waals surface area contributed by atoms with Crippen molar-refractivity contribution in [3.05, 3.63) is 89.2 Å². The molecule has 0 saturated heterocycles. The number of aromatic hydroxyl groups is 1. The van der Waals surface area contributed by atoms with Gasteiger partial charge in [0.2, 0.25) is 0 Å². The predicted octanol–water partition coefficient (Wildman–Crippen LogP) is 3.10. The summed E-state index contributed by atoms with van der Waals surface area (Å²) < 4.78 is 33.6. The number of phenols is 1. The Morgan fingerprint density at radius 1 is 0.897 bits per heavy atom. The standard InChI is InChI=1S/C15H14NO.C7H8O4S/c1-16-10-8-14(9-11-16)3-2-13-4-6-15(12-17)7-5-13;1-5-2-3-6(8)4-7(5)12(9,10)11/h2-12H,1H3;2-4,8H,1H3,(H,9,10,11)/q+1;/p-1. The van der Waals surface area contributed by atoms with Crippen molar-refractivity contribution in [1.29, 1.82) is 0 Å². The van der Waals surface area contributed by atoms with Crippen molar-refractivity contribution in [2.24, 2.45) is 7.05 Å². The van der Waals surface area contributed by atoms with E-state index in [9.17, 15) is 17.8 Å². The third-order valence-corrected chi connectivity index (χ3v) is 4.96. The van der Waals surface area contributed by atoms with Crippen LogP contribution in [-0.2, 0) is 17.2 Å². The molecule has 0 amide bonds. The molecule has 3 aromatic rings. The number of aryl methyl sites for hydroxylation is 2. The molecule has 0 bridgehead atoms. The van der Waals surface area contributed by atoms with Crippen LogP contribution in [-0.4, -0.2) is 24.4 Å². The molecule has 3 rings (SSSR count). The second kappa shape index (κ2) is 9.77. The van der Waals surface area contributed by atoms with E-state index < -0.39 is 10.1 Å². The second-order valence-corrected chi connectivity index (χ2v) is 7.67. The van der Waals surface area contributed by atoms with Gasteiger partial charge in [-0.25, -0.2) is 13.0 Å². The van der Waals surface area contributed by atoms with Gasteiger partial charge in [0.15, 0.2) is 12.4 Å². The first-order chi connectivity index (χ1) is 13.7. The first-order valence-corrected chi connectivity index (χ1v) is 10.0. The summed E-state index contributed by atoms with van der Waals surface area (Å²) in [4.78, 5) is 10.1. The summed E-state index contributed by atoms with van der Waals surface area (Å²) in [5.41, 5.74) is 3.28. The monoisotopic (exact) mass is 411 g/mol. The highest BCUT2D eigenvalue weighted by atomic mass is 32.2. The number of phenolic OH excluding ortho intramolecular Hbond substituents is 1. The van der Waals surface area contributed by atoms with Crippen LogP contribution in [0.1, 0.15) is 27.0 Å². The zero-order valence-electron chi connectivity index (χ0n) is 16.0. The molecule has 0 atom stereocenters. The molecule has 1 N–H and O–H groups in total. The zero-order valence-corrected chi connectivity index (χ0v) is 16.8. The Morgan fingerprint density at radius 2 is 1.41 bits per heavy atom. The van der Waals surface area contributed by atoms with Gasteiger partial charge in [-0.05, 0) is 35.7 Å². The lowest BCUT2D eigenvalue weighted by Gasteiger charge is -2.09. The van der Waals surface area contributed by atoms with E-state index in [1.54, 1.807) is 0 Å². The first kappa shape index (κ1) is 22.0. The van der Waals surface area contributed by atoms with Crippen LogP contribution in [0.3, 0.4) is 0 Å². The Hall–Kier alpha value is -3.29. The summed E-state index contributed by atoms with van der Waals surface area (Å²) in [6, 6.07) is 15.2. The summed E-state index contributed by atoms with van der Waals surface area (Å²) in [5, 5.41) is 8.90. The van der Waals surface area contributed by atoms with E-state index in [2.05, 4.69) is 18.2 Å². The fourth-order valence-corrected chi connectivity index (χ4v) is 3.09. The van der Waals surface area contributed by atoms with Gasteiger partial charge in [-0.1, -0.05) is 42.5 Å². The molecule has 0 aliphatic carbocycles. The molecule has 2 aromatic carbocycles. The van der Waals surface area contributed by atoms with Gasteiger partial charge in [-0.3, -0.25) is 4.79 Å². The molecule has 0 aliphatic heterocycles. The first-order valence-electron chi connectivity index (χ1n) is 8.63. The average molecular weight is 411 g/mol. The van der Waals surface area contributed by atoms with Crippen molar-refractivity contribution < 1.29 is 27.4 Å². The number of benzene rings is 2. The van der Waals surface area contributed by atoms with E-state index in [1.165, 1.54) is 19.1 Å². The van der Waals surface area contributed by atoms with Crippen LogP contribution < -0.4 is 4.57 Å². The highest BCUT2D eigenvalue weighted by Crippen LogP contribution is 2.19. The molecule has 1 aromatic heterocycles. The predicted molar refractivity (Wildman–Crippen MR) is 109 cm³/mol. The molecule has 0 spiro atoms.